The number of carbonyl (C=O) groups is 3. The van der Waals surface area contributed by atoms with E-state index < -0.39 is 5.97 Å². The second-order valence-electron chi connectivity index (χ2n) is 5.28. The van der Waals surface area contributed by atoms with Gasteiger partial charge in [0.1, 0.15) is 6.54 Å². The van der Waals surface area contributed by atoms with Crippen molar-refractivity contribution in [2.75, 3.05) is 11.4 Å². The Labute approximate surface area is 130 Å². The molecular weight excluding hydrogens is 284 g/mol. The van der Waals surface area contributed by atoms with Crippen molar-refractivity contribution in [1.82, 2.24) is 5.32 Å². The fraction of sp³-hybridized carbons (Fsp3) is 0.438. The molecule has 0 spiro atoms. The van der Waals surface area contributed by atoms with Crippen LogP contribution in [0, 0.1) is 0 Å². The topological polar surface area (TPSA) is 86.7 Å². The lowest BCUT2D eigenvalue weighted by molar-refractivity contribution is -0.136. The standard InChI is InChI=1S/C16H22N2O4/c1-12(2)17-14(19)9-6-10-15(20)18(11-16(21)22)13-7-4-3-5-8-13/h3-5,7-8,12H,6,9-11H2,1-2H3,(H,17,19)(H,21,22). The van der Waals surface area contributed by atoms with Crippen molar-refractivity contribution in [3.63, 3.8) is 0 Å². The Morgan fingerprint density at radius 1 is 1.14 bits per heavy atom. The van der Waals surface area contributed by atoms with Gasteiger partial charge in [-0.1, -0.05) is 18.2 Å². The largest absolute Gasteiger partial charge is 0.480 e. The predicted octanol–water partition coefficient (Wildman–Crippen LogP) is 1.80. The van der Waals surface area contributed by atoms with Gasteiger partial charge in [-0.2, -0.15) is 0 Å². The molecule has 2 N–H and O–H groups in total. The van der Waals surface area contributed by atoms with Crippen LogP contribution in [0.1, 0.15) is 33.1 Å². The normalized spacial score (nSPS) is 10.3. The molecule has 0 radical (unpaired) electrons. The second kappa shape index (κ2) is 8.81. The van der Waals surface area contributed by atoms with E-state index in [2.05, 4.69) is 5.32 Å². The first kappa shape index (κ1) is 17.7. The Morgan fingerprint density at radius 2 is 1.77 bits per heavy atom. The van der Waals surface area contributed by atoms with E-state index >= 15 is 0 Å². The quantitative estimate of drug-likeness (QED) is 0.766. The molecule has 0 saturated carbocycles. The number of nitrogens with zero attached hydrogens (tertiary/aromatic N) is 1. The highest BCUT2D eigenvalue weighted by atomic mass is 16.4. The van der Waals surface area contributed by atoms with Crippen LogP contribution in [0.3, 0.4) is 0 Å². The van der Waals surface area contributed by atoms with E-state index in [0.29, 0.717) is 12.1 Å². The molecule has 0 aliphatic carbocycles. The van der Waals surface area contributed by atoms with Crippen molar-refractivity contribution in [2.24, 2.45) is 0 Å². The molecule has 120 valence electrons. The van der Waals surface area contributed by atoms with Crippen molar-refractivity contribution >= 4 is 23.5 Å². The van der Waals surface area contributed by atoms with Crippen molar-refractivity contribution in [1.29, 1.82) is 0 Å². The number of hydrogen-bond acceptors (Lipinski definition) is 3. The lowest BCUT2D eigenvalue weighted by Crippen LogP contribution is -2.36. The predicted molar refractivity (Wildman–Crippen MR) is 83.6 cm³/mol. The second-order valence-corrected chi connectivity index (χ2v) is 5.28. The van der Waals surface area contributed by atoms with E-state index in [1.165, 1.54) is 4.90 Å². The van der Waals surface area contributed by atoms with E-state index in [0.717, 1.165) is 0 Å². The van der Waals surface area contributed by atoms with Gasteiger partial charge in [-0.15, -0.1) is 0 Å². The van der Waals surface area contributed by atoms with Gasteiger partial charge in [0, 0.05) is 24.6 Å². The summed E-state index contributed by atoms with van der Waals surface area (Å²) in [5, 5.41) is 11.7. The summed E-state index contributed by atoms with van der Waals surface area (Å²) in [6.45, 7) is 3.35. The zero-order valence-electron chi connectivity index (χ0n) is 12.9. The van der Waals surface area contributed by atoms with Crippen molar-refractivity contribution < 1.29 is 19.5 Å². The fourth-order valence-electron chi connectivity index (χ4n) is 2.00. The number of hydrogen-bond donors (Lipinski definition) is 2. The summed E-state index contributed by atoms with van der Waals surface area (Å²) in [6.07, 6.45) is 0.771. The molecule has 1 rings (SSSR count). The minimum absolute atomic E-state index is 0.0658. The molecule has 0 aromatic heterocycles. The Morgan fingerprint density at radius 3 is 2.32 bits per heavy atom. The van der Waals surface area contributed by atoms with Crippen LogP contribution in [0.2, 0.25) is 0 Å². The van der Waals surface area contributed by atoms with Gasteiger partial charge >= 0.3 is 5.97 Å². The molecule has 0 unspecified atom stereocenters. The van der Waals surface area contributed by atoms with Crippen LogP contribution in [-0.4, -0.2) is 35.5 Å². The molecule has 1 aromatic rings. The minimum Gasteiger partial charge on any atom is -0.480 e. The van der Waals surface area contributed by atoms with Crippen LogP contribution in [0.15, 0.2) is 30.3 Å². The van der Waals surface area contributed by atoms with Gasteiger partial charge in [0.15, 0.2) is 0 Å². The summed E-state index contributed by atoms with van der Waals surface area (Å²) in [7, 11) is 0. The zero-order chi connectivity index (χ0) is 16.5. The van der Waals surface area contributed by atoms with Crippen molar-refractivity contribution in [3.8, 4) is 0 Å². The number of anilines is 1. The van der Waals surface area contributed by atoms with Gasteiger partial charge in [0.25, 0.3) is 0 Å². The van der Waals surface area contributed by atoms with E-state index in [4.69, 9.17) is 5.11 Å². The number of carboxylic acids is 1. The number of amides is 2. The average Bonchev–Trinajstić information content (AvgIpc) is 2.44. The Balaban J connectivity index is 2.58. The summed E-state index contributed by atoms with van der Waals surface area (Å²) in [5.74, 6) is -1.48. The van der Waals surface area contributed by atoms with Gasteiger partial charge in [-0.05, 0) is 32.4 Å². The first-order valence-corrected chi connectivity index (χ1v) is 7.26. The first-order chi connectivity index (χ1) is 10.4. The van der Waals surface area contributed by atoms with Gasteiger partial charge in [0.2, 0.25) is 11.8 Å². The van der Waals surface area contributed by atoms with E-state index in [9.17, 15) is 14.4 Å². The van der Waals surface area contributed by atoms with Crippen LogP contribution in [0.4, 0.5) is 5.69 Å². The molecule has 0 fully saturated rings. The summed E-state index contributed by atoms with van der Waals surface area (Å²) < 4.78 is 0. The first-order valence-electron chi connectivity index (χ1n) is 7.26. The number of para-hydroxylation sites is 1. The maximum absolute atomic E-state index is 12.2. The lowest BCUT2D eigenvalue weighted by Gasteiger charge is -2.20. The number of carboxylic acid groups (broad SMARTS) is 1. The molecule has 0 heterocycles. The van der Waals surface area contributed by atoms with Crippen molar-refractivity contribution in [3.05, 3.63) is 30.3 Å². The van der Waals surface area contributed by atoms with Gasteiger partial charge in [-0.25, -0.2) is 0 Å². The van der Waals surface area contributed by atoms with Gasteiger partial charge in [0.05, 0.1) is 0 Å². The van der Waals surface area contributed by atoms with Crippen LogP contribution in [0.25, 0.3) is 0 Å². The summed E-state index contributed by atoms with van der Waals surface area (Å²) in [5.41, 5.74) is 0.543. The monoisotopic (exact) mass is 306 g/mol. The maximum atomic E-state index is 12.2. The molecule has 22 heavy (non-hydrogen) atoms. The smallest absolute Gasteiger partial charge is 0.323 e. The molecule has 6 nitrogen and oxygen atoms in total. The molecule has 0 aliphatic heterocycles. The van der Waals surface area contributed by atoms with E-state index in [1.807, 2.05) is 13.8 Å². The van der Waals surface area contributed by atoms with E-state index in [1.54, 1.807) is 30.3 Å². The molecule has 6 heteroatoms. The Hall–Kier alpha value is -2.37. The molecule has 1 aromatic carbocycles. The molecular formula is C16H22N2O4. The van der Waals surface area contributed by atoms with Gasteiger partial charge < -0.3 is 15.3 Å². The summed E-state index contributed by atoms with van der Waals surface area (Å²) in [4.78, 5) is 35.9. The number of rotatable bonds is 8. The molecule has 0 atom stereocenters. The highest BCUT2D eigenvalue weighted by Gasteiger charge is 2.18. The third-order valence-corrected chi connectivity index (χ3v) is 2.91. The van der Waals surface area contributed by atoms with Gasteiger partial charge in [-0.3, -0.25) is 14.4 Å². The fourth-order valence-corrected chi connectivity index (χ4v) is 2.00. The molecule has 0 bridgehead atoms. The zero-order valence-corrected chi connectivity index (χ0v) is 12.9. The average molecular weight is 306 g/mol. The molecule has 2 amide bonds. The summed E-state index contributed by atoms with van der Waals surface area (Å²) >= 11 is 0. The SMILES string of the molecule is CC(C)NC(=O)CCCC(=O)N(CC(=O)O)c1ccccc1. The Kier molecular flexibility index (Phi) is 7.08. The lowest BCUT2D eigenvalue weighted by atomic mass is 10.2. The van der Waals surface area contributed by atoms with Crippen LogP contribution >= 0.6 is 0 Å². The molecule has 0 aliphatic rings. The molecule has 0 saturated heterocycles. The van der Waals surface area contributed by atoms with E-state index in [-0.39, 0.29) is 37.2 Å². The number of carbonyl (C=O) groups excluding carboxylic acids is 2. The number of aliphatic carboxylic acids is 1. The third-order valence-electron chi connectivity index (χ3n) is 2.91. The van der Waals surface area contributed by atoms with Crippen LogP contribution in [0.5, 0.6) is 0 Å². The number of benzene rings is 1. The Bertz CT molecular complexity index is 514. The maximum Gasteiger partial charge on any atom is 0.323 e. The summed E-state index contributed by atoms with van der Waals surface area (Å²) in [6, 6.07) is 8.72. The minimum atomic E-state index is -1.07. The third kappa shape index (κ3) is 6.39. The van der Waals surface area contributed by atoms with Crippen LogP contribution in [-0.2, 0) is 14.4 Å². The highest BCUT2D eigenvalue weighted by Crippen LogP contribution is 2.15. The highest BCUT2D eigenvalue weighted by molar-refractivity contribution is 5.97. The van der Waals surface area contributed by atoms with Crippen molar-refractivity contribution in [2.45, 2.75) is 39.2 Å². The number of nitrogens with one attached hydrogen (secondary N) is 1. The van der Waals surface area contributed by atoms with Crippen LogP contribution < -0.4 is 10.2 Å².